The molecular formula is C16H23N3O3. The van der Waals surface area contributed by atoms with E-state index in [-0.39, 0.29) is 11.6 Å². The number of nitro benzene ring substituents is 1. The third kappa shape index (κ3) is 3.96. The Bertz CT molecular complexity index is 533. The summed E-state index contributed by atoms with van der Waals surface area (Å²) < 4.78 is 0. The molecule has 1 heterocycles. The van der Waals surface area contributed by atoms with Crippen molar-refractivity contribution in [2.45, 2.75) is 45.1 Å². The number of likely N-dealkylation sites (tertiary alicyclic amines) is 1. The molecule has 1 unspecified atom stereocenters. The molecule has 22 heavy (non-hydrogen) atoms. The van der Waals surface area contributed by atoms with Crippen LogP contribution in [0, 0.1) is 10.1 Å². The summed E-state index contributed by atoms with van der Waals surface area (Å²) in [5.74, 6) is 0.137. The predicted octanol–water partition coefficient (Wildman–Crippen LogP) is 3.19. The zero-order valence-corrected chi connectivity index (χ0v) is 13.0. The van der Waals surface area contributed by atoms with Crippen LogP contribution in [0.2, 0.25) is 0 Å². The summed E-state index contributed by atoms with van der Waals surface area (Å²) >= 11 is 0. The quantitative estimate of drug-likeness (QED) is 0.647. The van der Waals surface area contributed by atoms with Gasteiger partial charge < -0.3 is 10.2 Å². The van der Waals surface area contributed by atoms with Gasteiger partial charge >= 0.3 is 0 Å². The van der Waals surface area contributed by atoms with Gasteiger partial charge in [-0.3, -0.25) is 14.9 Å². The Morgan fingerprint density at radius 1 is 1.41 bits per heavy atom. The number of carbonyl (C=O) groups excluding carboxylic acids is 1. The van der Waals surface area contributed by atoms with E-state index in [2.05, 4.69) is 12.2 Å². The number of amides is 1. The zero-order chi connectivity index (χ0) is 15.9. The Labute approximate surface area is 130 Å². The first kappa shape index (κ1) is 16.3. The SMILES string of the molecule is CCC1CCCCN1C(=O)CCNc1ccccc1[N+](=O)[O-]. The minimum absolute atomic E-state index is 0.0411. The Kier molecular flexibility index (Phi) is 5.75. The number of benzene rings is 1. The van der Waals surface area contributed by atoms with Gasteiger partial charge in [0.25, 0.3) is 5.69 Å². The fourth-order valence-corrected chi connectivity index (χ4v) is 2.98. The van der Waals surface area contributed by atoms with Crippen molar-refractivity contribution in [2.24, 2.45) is 0 Å². The van der Waals surface area contributed by atoms with Crippen molar-refractivity contribution in [3.8, 4) is 0 Å². The van der Waals surface area contributed by atoms with E-state index in [0.29, 0.717) is 24.7 Å². The predicted molar refractivity (Wildman–Crippen MR) is 85.8 cm³/mol. The first-order valence-electron chi connectivity index (χ1n) is 7.90. The number of nitrogens with one attached hydrogen (secondary N) is 1. The van der Waals surface area contributed by atoms with Crippen LogP contribution in [0.25, 0.3) is 0 Å². The van der Waals surface area contributed by atoms with E-state index >= 15 is 0 Å². The van der Waals surface area contributed by atoms with Crippen molar-refractivity contribution in [1.82, 2.24) is 4.90 Å². The van der Waals surface area contributed by atoms with Crippen LogP contribution < -0.4 is 5.32 Å². The van der Waals surface area contributed by atoms with Crippen molar-refractivity contribution >= 4 is 17.3 Å². The number of hydrogen-bond donors (Lipinski definition) is 1. The monoisotopic (exact) mass is 305 g/mol. The van der Waals surface area contributed by atoms with E-state index in [9.17, 15) is 14.9 Å². The smallest absolute Gasteiger partial charge is 0.292 e. The van der Waals surface area contributed by atoms with Crippen LogP contribution in [0.4, 0.5) is 11.4 Å². The third-order valence-electron chi connectivity index (χ3n) is 4.17. The molecule has 1 N–H and O–H groups in total. The highest BCUT2D eigenvalue weighted by atomic mass is 16.6. The largest absolute Gasteiger partial charge is 0.379 e. The third-order valence-corrected chi connectivity index (χ3v) is 4.17. The number of nitro groups is 1. The van der Waals surface area contributed by atoms with E-state index in [1.54, 1.807) is 18.2 Å². The number of para-hydroxylation sites is 2. The fraction of sp³-hybridized carbons (Fsp3) is 0.562. The van der Waals surface area contributed by atoms with Gasteiger partial charge in [-0.2, -0.15) is 0 Å². The molecular weight excluding hydrogens is 282 g/mol. The van der Waals surface area contributed by atoms with E-state index in [0.717, 1.165) is 25.8 Å². The number of rotatable bonds is 6. The molecule has 1 aliphatic heterocycles. The summed E-state index contributed by atoms with van der Waals surface area (Å²) in [4.78, 5) is 24.8. The van der Waals surface area contributed by atoms with Gasteiger partial charge in [-0.05, 0) is 31.7 Å². The van der Waals surface area contributed by atoms with Gasteiger partial charge in [-0.15, -0.1) is 0 Å². The van der Waals surface area contributed by atoms with Crippen molar-refractivity contribution in [2.75, 3.05) is 18.4 Å². The molecule has 0 bridgehead atoms. The first-order valence-corrected chi connectivity index (χ1v) is 7.90. The fourth-order valence-electron chi connectivity index (χ4n) is 2.98. The first-order chi connectivity index (χ1) is 10.6. The summed E-state index contributed by atoms with van der Waals surface area (Å²) in [6, 6.07) is 6.86. The van der Waals surface area contributed by atoms with E-state index < -0.39 is 4.92 Å². The van der Waals surface area contributed by atoms with Gasteiger partial charge in [-0.25, -0.2) is 0 Å². The van der Waals surface area contributed by atoms with Crippen molar-refractivity contribution in [1.29, 1.82) is 0 Å². The Morgan fingerprint density at radius 3 is 2.91 bits per heavy atom. The molecule has 6 heteroatoms. The van der Waals surface area contributed by atoms with Gasteiger partial charge in [0.1, 0.15) is 5.69 Å². The van der Waals surface area contributed by atoms with Crippen molar-refractivity contribution in [3.63, 3.8) is 0 Å². The van der Waals surface area contributed by atoms with Gasteiger partial charge in [0.15, 0.2) is 0 Å². The highest BCUT2D eigenvalue weighted by Gasteiger charge is 2.24. The van der Waals surface area contributed by atoms with Crippen LogP contribution in [0.1, 0.15) is 39.0 Å². The lowest BCUT2D eigenvalue weighted by atomic mass is 9.99. The number of piperidine rings is 1. The molecule has 0 aliphatic carbocycles. The van der Waals surface area contributed by atoms with E-state index in [4.69, 9.17) is 0 Å². The maximum atomic E-state index is 12.3. The number of anilines is 1. The molecule has 1 saturated heterocycles. The normalized spacial score (nSPS) is 18.0. The molecule has 2 rings (SSSR count). The molecule has 0 aromatic heterocycles. The summed E-state index contributed by atoms with van der Waals surface area (Å²) in [5, 5.41) is 13.9. The maximum Gasteiger partial charge on any atom is 0.292 e. The number of carbonyl (C=O) groups is 1. The number of nitrogens with zero attached hydrogens (tertiary/aromatic N) is 2. The van der Waals surface area contributed by atoms with Crippen molar-refractivity contribution < 1.29 is 9.72 Å². The van der Waals surface area contributed by atoms with Gasteiger partial charge in [-0.1, -0.05) is 19.1 Å². The van der Waals surface area contributed by atoms with Crippen LogP contribution >= 0.6 is 0 Å². The highest BCUT2D eigenvalue weighted by Crippen LogP contribution is 2.23. The van der Waals surface area contributed by atoms with E-state index in [1.165, 1.54) is 12.5 Å². The Balaban J connectivity index is 1.88. The molecule has 0 radical (unpaired) electrons. The Morgan fingerprint density at radius 2 is 2.18 bits per heavy atom. The molecule has 1 aromatic carbocycles. The van der Waals surface area contributed by atoms with Gasteiger partial charge in [0, 0.05) is 31.6 Å². The van der Waals surface area contributed by atoms with Crippen LogP contribution in [-0.4, -0.2) is 34.9 Å². The molecule has 0 saturated carbocycles. The van der Waals surface area contributed by atoms with Crippen LogP contribution in [0.15, 0.2) is 24.3 Å². The lowest BCUT2D eigenvalue weighted by Gasteiger charge is -2.35. The zero-order valence-electron chi connectivity index (χ0n) is 13.0. The summed E-state index contributed by atoms with van der Waals surface area (Å²) in [6.07, 6.45) is 4.70. The lowest BCUT2D eigenvalue weighted by molar-refractivity contribution is -0.384. The summed E-state index contributed by atoms with van der Waals surface area (Å²) in [5.41, 5.74) is 0.505. The molecule has 0 spiro atoms. The van der Waals surface area contributed by atoms with Crippen LogP contribution in [0.5, 0.6) is 0 Å². The maximum absolute atomic E-state index is 12.3. The number of hydrogen-bond acceptors (Lipinski definition) is 4. The second-order valence-corrected chi connectivity index (χ2v) is 5.60. The standard InChI is InChI=1S/C16H23N3O3/c1-2-13-7-5-6-12-18(13)16(20)10-11-17-14-8-3-4-9-15(14)19(21)22/h3-4,8-9,13,17H,2,5-7,10-12H2,1H3. The minimum atomic E-state index is -0.415. The summed E-state index contributed by atoms with van der Waals surface area (Å²) in [7, 11) is 0. The average Bonchev–Trinajstić information content (AvgIpc) is 2.55. The highest BCUT2D eigenvalue weighted by molar-refractivity contribution is 5.77. The van der Waals surface area contributed by atoms with Crippen LogP contribution in [0.3, 0.4) is 0 Å². The van der Waals surface area contributed by atoms with Gasteiger partial charge in [0.2, 0.25) is 5.91 Å². The van der Waals surface area contributed by atoms with Gasteiger partial charge in [0.05, 0.1) is 4.92 Å². The second-order valence-electron chi connectivity index (χ2n) is 5.60. The Hall–Kier alpha value is -2.11. The molecule has 1 amide bonds. The van der Waals surface area contributed by atoms with Crippen LogP contribution in [-0.2, 0) is 4.79 Å². The molecule has 1 aliphatic rings. The van der Waals surface area contributed by atoms with E-state index in [1.807, 2.05) is 4.90 Å². The molecule has 1 fully saturated rings. The van der Waals surface area contributed by atoms with Crippen molar-refractivity contribution in [3.05, 3.63) is 34.4 Å². The topological polar surface area (TPSA) is 75.5 Å². The molecule has 1 aromatic rings. The lowest BCUT2D eigenvalue weighted by Crippen LogP contribution is -2.43. The summed E-state index contributed by atoms with van der Waals surface area (Å²) in [6.45, 7) is 3.36. The minimum Gasteiger partial charge on any atom is -0.379 e. The molecule has 6 nitrogen and oxygen atoms in total. The molecule has 1 atom stereocenters. The molecule has 120 valence electrons. The second kappa shape index (κ2) is 7.77. The average molecular weight is 305 g/mol.